The maximum Gasteiger partial charge on any atom is 0.482 e. The van der Waals surface area contributed by atoms with Gasteiger partial charge in [0.05, 0.1) is 5.69 Å². The Kier molecular flexibility index (Phi) is 3.49. The Hall–Kier alpha value is -2.89. The van der Waals surface area contributed by atoms with Crippen LogP contribution in [0, 0.1) is 0 Å². The van der Waals surface area contributed by atoms with Crippen LogP contribution >= 0.6 is 0 Å². The Morgan fingerprint density at radius 1 is 1.20 bits per heavy atom. The smallest absolute Gasteiger partial charge is 0.423 e. The molecule has 0 saturated carbocycles. The van der Waals surface area contributed by atoms with Crippen molar-refractivity contribution in [3.63, 3.8) is 0 Å². The number of anilines is 2. The van der Waals surface area contributed by atoms with Gasteiger partial charge in [-0.1, -0.05) is 30.3 Å². The van der Waals surface area contributed by atoms with E-state index in [4.69, 9.17) is 5.73 Å². The van der Waals surface area contributed by atoms with E-state index in [2.05, 4.69) is 10.8 Å². The Labute approximate surface area is 143 Å². The highest BCUT2D eigenvalue weighted by Crippen LogP contribution is 2.41. The highest BCUT2D eigenvalue weighted by molar-refractivity contribution is 6.01. The van der Waals surface area contributed by atoms with E-state index in [1.165, 1.54) is 17.7 Å². The van der Waals surface area contributed by atoms with E-state index in [0.717, 1.165) is 22.5 Å². The van der Waals surface area contributed by atoms with E-state index >= 15 is 0 Å². The Morgan fingerprint density at radius 3 is 2.84 bits per heavy atom. The first-order valence-corrected chi connectivity index (χ1v) is 8.01. The number of halogens is 2. The molecule has 4 rings (SSSR count). The topological polar surface area (TPSA) is 55.6 Å². The molecule has 0 fully saturated rings. The zero-order valence-corrected chi connectivity index (χ0v) is 13.3. The lowest BCUT2D eigenvalue weighted by molar-refractivity contribution is -0.192. The second kappa shape index (κ2) is 5.58. The van der Waals surface area contributed by atoms with Gasteiger partial charge in [0.15, 0.2) is 5.75 Å². The van der Waals surface area contributed by atoms with Crippen molar-refractivity contribution >= 4 is 22.9 Å². The van der Waals surface area contributed by atoms with Gasteiger partial charge in [0.25, 0.3) is 0 Å². The molecule has 0 saturated heterocycles. The van der Waals surface area contributed by atoms with Crippen LogP contribution in [0.2, 0.25) is 0 Å². The van der Waals surface area contributed by atoms with Crippen LogP contribution < -0.4 is 15.4 Å². The summed E-state index contributed by atoms with van der Waals surface area (Å²) in [6.07, 6.45) is -0.491. The highest BCUT2D eigenvalue weighted by atomic mass is 19.3. The number of carbonyl (C=O) groups excluding carboxylic acids is 1. The summed E-state index contributed by atoms with van der Waals surface area (Å²) < 4.78 is 32.4. The van der Waals surface area contributed by atoms with Crippen LogP contribution in [0.5, 0.6) is 5.75 Å². The fraction of sp³-hybridized carbons (Fsp3) is 0.211. The number of rotatable bonds is 3. The number of carbonyl (C=O) groups is 1. The molecule has 4 nitrogen and oxygen atoms in total. The third kappa shape index (κ3) is 2.63. The number of benzene rings is 2. The number of ether oxygens (including phenoxy) is 1. The van der Waals surface area contributed by atoms with Gasteiger partial charge < -0.3 is 10.5 Å². The Morgan fingerprint density at radius 2 is 2.00 bits per heavy atom. The van der Waals surface area contributed by atoms with Gasteiger partial charge in [-0.05, 0) is 41.7 Å². The Bertz CT molecular complexity index is 893. The van der Waals surface area contributed by atoms with Crippen LogP contribution in [0.4, 0.5) is 20.2 Å². The fourth-order valence-electron chi connectivity index (χ4n) is 3.33. The van der Waals surface area contributed by atoms with Crippen LogP contribution in [-0.2, 0) is 11.2 Å². The number of amides is 1. The van der Waals surface area contributed by atoms with E-state index in [-0.39, 0.29) is 12.3 Å². The Balaban J connectivity index is 1.61. The van der Waals surface area contributed by atoms with Crippen molar-refractivity contribution in [1.82, 2.24) is 0 Å². The molecule has 25 heavy (non-hydrogen) atoms. The molecule has 1 heterocycles. The number of hydrogen-bond acceptors (Lipinski definition) is 3. The molecule has 0 aromatic heterocycles. The minimum absolute atomic E-state index is 0.0783. The lowest BCUT2D eigenvalue weighted by Gasteiger charge is -2.33. The second-order valence-corrected chi connectivity index (χ2v) is 6.14. The number of nitrogen functional groups attached to an aromatic ring is 1. The summed E-state index contributed by atoms with van der Waals surface area (Å²) in [5, 5.41) is 0. The summed E-state index contributed by atoms with van der Waals surface area (Å²) in [6.45, 7) is 0.148. The summed E-state index contributed by atoms with van der Waals surface area (Å²) in [7, 11) is 0. The zero-order valence-electron chi connectivity index (χ0n) is 13.3. The molecule has 2 aromatic carbocycles. The van der Waals surface area contributed by atoms with Gasteiger partial charge in [-0.3, -0.25) is 9.69 Å². The molecule has 2 aromatic rings. The van der Waals surface area contributed by atoms with Gasteiger partial charge >= 0.3 is 12.0 Å². The largest absolute Gasteiger partial charge is 0.482 e. The summed E-state index contributed by atoms with van der Waals surface area (Å²) in [5.74, 6) is -1.43. The molecule has 6 heteroatoms. The fourth-order valence-corrected chi connectivity index (χ4v) is 3.33. The predicted molar refractivity (Wildman–Crippen MR) is 91.5 cm³/mol. The summed E-state index contributed by atoms with van der Waals surface area (Å²) >= 11 is 0. The van der Waals surface area contributed by atoms with Crippen LogP contribution in [0.15, 0.2) is 48.5 Å². The van der Waals surface area contributed by atoms with Crippen LogP contribution in [-0.4, -0.2) is 18.6 Å². The molecule has 0 unspecified atom stereocenters. The van der Waals surface area contributed by atoms with Crippen molar-refractivity contribution in [1.29, 1.82) is 0 Å². The normalized spacial score (nSPS) is 17.6. The van der Waals surface area contributed by atoms with Crippen molar-refractivity contribution in [2.24, 2.45) is 0 Å². The molecule has 2 N–H and O–H groups in total. The van der Waals surface area contributed by atoms with E-state index in [9.17, 15) is 13.6 Å². The maximum atomic E-state index is 13.9. The number of nitrogens with two attached hydrogens (primary N) is 1. The molecule has 0 radical (unpaired) electrons. The van der Waals surface area contributed by atoms with Crippen LogP contribution in [0.25, 0.3) is 5.57 Å². The monoisotopic (exact) mass is 342 g/mol. The number of alkyl halides is 2. The molecule has 1 aliphatic carbocycles. The molecule has 0 bridgehead atoms. The lowest BCUT2D eigenvalue weighted by atomic mass is 10.0. The molecular formula is C19H16F2N2O2. The third-order valence-electron chi connectivity index (χ3n) is 4.54. The van der Waals surface area contributed by atoms with Crippen molar-refractivity contribution in [2.75, 3.05) is 17.2 Å². The first-order chi connectivity index (χ1) is 12.0. The van der Waals surface area contributed by atoms with Crippen LogP contribution in [0.1, 0.15) is 17.5 Å². The average Bonchev–Trinajstić information content (AvgIpc) is 2.98. The van der Waals surface area contributed by atoms with E-state index in [0.29, 0.717) is 17.8 Å². The summed E-state index contributed by atoms with van der Waals surface area (Å²) in [4.78, 5) is 13.2. The van der Waals surface area contributed by atoms with Crippen LogP contribution in [0.3, 0.4) is 0 Å². The lowest BCUT2D eigenvalue weighted by Crippen LogP contribution is -2.51. The number of hydrogen-bond donors (Lipinski definition) is 1. The molecule has 0 atom stereocenters. The SMILES string of the molecule is Nc1ccc2c(c1)OC(F)(F)C(=O)N2CCC1=CCc2ccccc21. The van der Waals surface area contributed by atoms with Gasteiger partial charge in [0.2, 0.25) is 0 Å². The van der Waals surface area contributed by atoms with Crippen molar-refractivity contribution in [2.45, 2.75) is 19.0 Å². The molecule has 1 aliphatic heterocycles. The molecule has 1 amide bonds. The zero-order chi connectivity index (χ0) is 17.6. The average molecular weight is 342 g/mol. The molecule has 0 spiro atoms. The second-order valence-electron chi connectivity index (χ2n) is 6.14. The van der Waals surface area contributed by atoms with Gasteiger partial charge in [0.1, 0.15) is 0 Å². The molecule has 2 aliphatic rings. The van der Waals surface area contributed by atoms with Gasteiger partial charge in [0, 0.05) is 18.3 Å². The number of allylic oxidation sites excluding steroid dienone is 1. The minimum atomic E-state index is -3.89. The van der Waals surface area contributed by atoms with E-state index in [1.54, 1.807) is 6.07 Å². The number of nitrogens with zero attached hydrogens (tertiary/aromatic N) is 1. The van der Waals surface area contributed by atoms with Crippen molar-refractivity contribution in [3.05, 3.63) is 59.7 Å². The first-order valence-electron chi connectivity index (χ1n) is 8.01. The highest BCUT2D eigenvalue weighted by Gasteiger charge is 2.50. The number of fused-ring (bicyclic) bond motifs is 2. The maximum absolute atomic E-state index is 13.9. The molecular weight excluding hydrogens is 326 g/mol. The quantitative estimate of drug-likeness (QED) is 0.867. The summed E-state index contributed by atoms with van der Waals surface area (Å²) in [5.41, 5.74) is 9.65. The van der Waals surface area contributed by atoms with E-state index < -0.39 is 12.0 Å². The summed E-state index contributed by atoms with van der Waals surface area (Å²) in [6, 6.07) is 12.4. The predicted octanol–water partition coefficient (Wildman–Crippen LogP) is 3.62. The molecule has 128 valence electrons. The van der Waals surface area contributed by atoms with Crippen molar-refractivity contribution in [3.8, 4) is 5.75 Å². The van der Waals surface area contributed by atoms with Gasteiger partial charge in [-0.25, -0.2) is 0 Å². The standard InChI is InChI=1S/C19H16F2N2O2/c20-19(21)18(24)23(16-8-7-14(22)11-17(16)25-19)10-9-13-6-5-12-3-1-2-4-15(12)13/h1-4,6-8,11H,5,9-10,22H2. The minimum Gasteiger partial charge on any atom is -0.423 e. The van der Waals surface area contributed by atoms with Crippen molar-refractivity contribution < 1.29 is 18.3 Å². The van der Waals surface area contributed by atoms with E-state index in [1.807, 2.05) is 24.3 Å². The first kappa shape index (κ1) is 15.6. The van der Waals surface area contributed by atoms with Gasteiger partial charge in [-0.2, -0.15) is 8.78 Å². The third-order valence-corrected chi connectivity index (χ3v) is 4.54. The van der Waals surface area contributed by atoms with Gasteiger partial charge in [-0.15, -0.1) is 0 Å².